The zero-order chi connectivity index (χ0) is 12.0. The van der Waals surface area contributed by atoms with Crippen molar-refractivity contribution in [1.29, 1.82) is 0 Å². The molecule has 0 radical (unpaired) electrons. The molecule has 0 aromatic rings. The van der Waals surface area contributed by atoms with Gasteiger partial charge in [-0.3, -0.25) is 4.79 Å². The van der Waals surface area contributed by atoms with Gasteiger partial charge < -0.3 is 10.1 Å². The van der Waals surface area contributed by atoms with E-state index in [2.05, 4.69) is 5.32 Å². The number of hydrogen-bond acceptors (Lipinski definition) is 3. The molecule has 0 bridgehead atoms. The number of hydrogen-bond donors (Lipinski definition) is 1. The van der Waals surface area contributed by atoms with Gasteiger partial charge in [0.2, 0.25) is 0 Å². The van der Waals surface area contributed by atoms with Gasteiger partial charge in [-0.05, 0) is 59.0 Å². The van der Waals surface area contributed by atoms with Crippen LogP contribution in [0.2, 0.25) is 0 Å². The molecule has 3 nitrogen and oxygen atoms in total. The minimum absolute atomic E-state index is 0.0583. The molecule has 1 heterocycles. The highest BCUT2D eigenvalue weighted by atomic mass is 16.6. The maximum Gasteiger partial charge on any atom is 0.306 e. The Kier molecular flexibility index (Phi) is 5.26. The molecule has 0 aromatic carbocycles. The van der Waals surface area contributed by atoms with Crippen molar-refractivity contribution in [2.45, 2.75) is 58.5 Å². The van der Waals surface area contributed by atoms with E-state index in [0.29, 0.717) is 6.42 Å². The van der Waals surface area contributed by atoms with Crippen LogP contribution in [-0.4, -0.2) is 24.7 Å². The average Bonchev–Trinajstić information content (AvgIpc) is 2.62. The molecule has 1 atom stereocenters. The molecule has 1 aliphatic heterocycles. The highest BCUT2D eigenvalue weighted by molar-refractivity contribution is 5.69. The van der Waals surface area contributed by atoms with Crippen molar-refractivity contribution in [2.24, 2.45) is 5.92 Å². The monoisotopic (exact) mass is 227 g/mol. The van der Waals surface area contributed by atoms with E-state index in [-0.39, 0.29) is 11.6 Å². The van der Waals surface area contributed by atoms with Gasteiger partial charge in [-0.15, -0.1) is 0 Å². The second-order valence-corrected chi connectivity index (χ2v) is 5.69. The fourth-order valence-electron chi connectivity index (χ4n) is 2.06. The molecule has 94 valence electrons. The van der Waals surface area contributed by atoms with Crippen LogP contribution < -0.4 is 5.32 Å². The highest BCUT2D eigenvalue weighted by Crippen LogP contribution is 2.17. The second kappa shape index (κ2) is 6.24. The fraction of sp³-hybridized carbons (Fsp3) is 0.923. The van der Waals surface area contributed by atoms with Crippen LogP contribution >= 0.6 is 0 Å². The summed E-state index contributed by atoms with van der Waals surface area (Å²) in [6.45, 7) is 8.06. The predicted octanol–water partition coefficient (Wildman–Crippen LogP) is 2.50. The van der Waals surface area contributed by atoms with Gasteiger partial charge in [0, 0.05) is 6.42 Å². The third-order valence-corrected chi connectivity index (χ3v) is 2.83. The van der Waals surface area contributed by atoms with Crippen LogP contribution in [0.1, 0.15) is 52.9 Å². The van der Waals surface area contributed by atoms with E-state index >= 15 is 0 Å². The molecule has 0 amide bonds. The van der Waals surface area contributed by atoms with Crippen molar-refractivity contribution in [3.05, 3.63) is 0 Å². The van der Waals surface area contributed by atoms with Crippen LogP contribution in [0, 0.1) is 5.92 Å². The summed E-state index contributed by atoms with van der Waals surface area (Å²) < 4.78 is 5.26. The number of rotatable bonds is 5. The molecule has 0 saturated carbocycles. The van der Waals surface area contributed by atoms with Crippen LogP contribution in [0.15, 0.2) is 0 Å². The molecule has 1 rings (SSSR count). The van der Waals surface area contributed by atoms with Crippen LogP contribution in [-0.2, 0) is 9.53 Å². The lowest BCUT2D eigenvalue weighted by Gasteiger charge is -2.19. The largest absolute Gasteiger partial charge is 0.460 e. The lowest BCUT2D eigenvalue weighted by Crippen LogP contribution is -2.23. The van der Waals surface area contributed by atoms with Gasteiger partial charge in [0.1, 0.15) is 5.60 Å². The predicted molar refractivity (Wildman–Crippen MR) is 65.3 cm³/mol. The Bertz CT molecular complexity index is 214. The first kappa shape index (κ1) is 13.5. The van der Waals surface area contributed by atoms with Crippen molar-refractivity contribution in [1.82, 2.24) is 5.32 Å². The summed E-state index contributed by atoms with van der Waals surface area (Å²) in [4.78, 5) is 11.4. The molecule has 1 N–H and O–H groups in total. The van der Waals surface area contributed by atoms with Gasteiger partial charge in [-0.1, -0.05) is 6.42 Å². The topological polar surface area (TPSA) is 38.3 Å². The Labute approximate surface area is 98.9 Å². The number of esters is 1. The first-order valence-electron chi connectivity index (χ1n) is 6.40. The summed E-state index contributed by atoms with van der Waals surface area (Å²) in [6, 6.07) is 0. The molecule has 3 heteroatoms. The number of unbranched alkanes of at least 4 members (excludes halogenated alkanes) is 1. The molecular formula is C13H25NO2. The third-order valence-electron chi connectivity index (χ3n) is 2.83. The van der Waals surface area contributed by atoms with Gasteiger partial charge in [-0.2, -0.15) is 0 Å². The molecule has 0 spiro atoms. The van der Waals surface area contributed by atoms with E-state index in [1.165, 1.54) is 12.8 Å². The van der Waals surface area contributed by atoms with Crippen LogP contribution in [0.3, 0.4) is 0 Å². The molecule has 1 aliphatic rings. The van der Waals surface area contributed by atoms with Crippen LogP contribution in [0.25, 0.3) is 0 Å². The van der Waals surface area contributed by atoms with E-state index in [0.717, 1.165) is 31.8 Å². The van der Waals surface area contributed by atoms with Gasteiger partial charge in [0.15, 0.2) is 0 Å². The standard InChI is InChI=1S/C13H25NO2/c1-13(2,3)16-12(15)7-5-4-6-11-8-9-14-10-11/h11,14H,4-10H2,1-3H3/t11-/m0/s1. The first-order valence-corrected chi connectivity index (χ1v) is 6.40. The number of carbonyl (C=O) groups excluding carboxylic acids is 1. The Morgan fingerprint density at radius 3 is 2.69 bits per heavy atom. The summed E-state index contributed by atoms with van der Waals surface area (Å²) in [5, 5.41) is 3.36. The third kappa shape index (κ3) is 6.11. The summed E-state index contributed by atoms with van der Waals surface area (Å²) in [5.74, 6) is 0.774. The summed E-state index contributed by atoms with van der Waals surface area (Å²) in [5.41, 5.74) is -0.341. The van der Waals surface area contributed by atoms with Gasteiger partial charge in [-0.25, -0.2) is 0 Å². The minimum atomic E-state index is -0.341. The average molecular weight is 227 g/mol. The van der Waals surface area contributed by atoms with Crippen molar-refractivity contribution in [3.8, 4) is 0 Å². The van der Waals surface area contributed by atoms with E-state index in [9.17, 15) is 4.79 Å². The van der Waals surface area contributed by atoms with E-state index in [4.69, 9.17) is 4.74 Å². The zero-order valence-electron chi connectivity index (χ0n) is 10.8. The smallest absolute Gasteiger partial charge is 0.306 e. The van der Waals surface area contributed by atoms with Gasteiger partial charge in [0.05, 0.1) is 0 Å². The summed E-state index contributed by atoms with van der Waals surface area (Å²) >= 11 is 0. The Morgan fingerprint density at radius 2 is 2.12 bits per heavy atom. The van der Waals surface area contributed by atoms with Crippen molar-refractivity contribution in [2.75, 3.05) is 13.1 Å². The van der Waals surface area contributed by atoms with Crippen molar-refractivity contribution >= 4 is 5.97 Å². The Morgan fingerprint density at radius 1 is 1.38 bits per heavy atom. The number of ether oxygens (including phenoxy) is 1. The molecule has 0 unspecified atom stereocenters. The molecule has 0 aromatic heterocycles. The van der Waals surface area contributed by atoms with E-state index in [1.54, 1.807) is 0 Å². The first-order chi connectivity index (χ1) is 7.47. The van der Waals surface area contributed by atoms with Crippen LogP contribution in [0.4, 0.5) is 0 Å². The zero-order valence-corrected chi connectivity index (χ0v) is 10.8. The fourth-order valence-corrected chi connectivity index (χ4v) is 2.06. The second-order valence-electron chi connectivity index (χ2n) is 5.69. The molecule has 16 heavy (non-hydrogen) atoms. The molecule has 1 fully saturated rings. The van der Waals surface area contributed by atoms with Gasteiger partial charge >= 0.3 is 5.97 Å². The minimum Gasteiger partial charge on any atom is -0.460 e. The molecule has 1 saturated heterocycles. The molecule has 0 aliphatic carbocycles. The quantitative estimate of drug-likeness (QED) is 0.579. The van der Waals surface area contributed by atoms with Crippen LogP contribution in [0.5, 0.6) is 0 Å². The Hall–Kier alpha value is -0.570. The normalized spacial score (nSPS) is 21.1. The summed E-state index contributed by atoms with van der Waals surface area (Å²) in [6.07, 6.45) is 5.22. The summed E-state index contributed by atoms with van der Waals surface area (Å²) in [7, 11) is 0. The number of carbonyl (C=O) groups is 1. The maximum absolute atomic E-state index is 11.4. The molecular weight excluding hydrogens is 202 g/mol. The highest BCUT2D eigenvalue weighted by Gasteiger charge is 2.17. The number of nitrogens with one attached hydrogen (secondary N) is 1. The van der Waals surface area contributed by atoms with Crippen molar-refractivity contribution in [3.63, 3.8) is 0 Å². The maximum atomic E-state index is 11.4. The lowest BCUT2D eigenvalue weighted by molar-refractivity contribution is -0.154. The SMILES string of the molecule is CC(C)(C)OC(=O)CCCC[C@H]1CCNC1. The lowest BCUT2D eigenvalue weighted by atomic mass is 10.0. The van der Waals surface area contributed by atoms with E-state index < -0.39 is 0 Å². The van der Waals surface area contributed by atoms with Gasteiger partial charge in [0.25, 0.3) is 0 Å². The van der Waals surface area contributed by atoms with E-state index in [1.807, 2.05) is 20.8 Å². The Balaban J connectivity index is 2.00. The van der Waals surface area contributed by atoms with Crippen molar-refractivity contribution < 1.29 is 9.53 Å².